The third-order valence-electron chi connectivity index (χ3n) is 3.74. The van der Waals surface area contributed by atoms with E-state index in [2.05, 4.69) is 15.0 Å². The summed E-state index contributed by atoms with van der Waals surface area (Å²) in [6.07, 6.45) is 1.34. The molecule has 2 aromatic carbocycles. The van der Waals surface area contributed by atoms with E-state index < -0.39 is 6.09 Å². The maximum absolute atomic E-state index is 11.6. The van der Waals surface area contributed by atoms with E-state index in [9.17, 15) is 4.79 Å². The van der Waals surface area contributed by atoms with Gasteiger partial charge in [-0.05, 0) is 49.1 Å². The number of carbonyl (C=O) groups excluding carboxylic acids is 1. The number of hydrogen-bond acceptors (Lipinski definition) is 6. The number of nitrogens with zero attached hydrogens (tertiary/aromatic N) is 2. The molecule has 0 aliphatic heterocycles. The van der Waals surface area contributed by atoms with Crippen LogP contribution in [0.3, 0.4) is 0 Å². The van der Waals surface area contributed by atoms with Crippen molar-refractivity contribution in [3.8, 4) is 5.75 Å². The highest BCUT2D eigenvalue weighted by molar-refractivity contribution is 7.98. The Morgan fingerprint density at radius 1 is 1.27 bits per heavy atom. The number of fused-ring (bicyclic) bond motifs is 1. The maximum atomic E-state index is 11.6. The van der Waals surface area contributed by atoms with Crippen LogP contribution in [0.2, 0.25) is 0 Å². The SMILES string of the molecule is COC(=O)Nc1nc2ccccc2n1C(=N)Oc1ccc(SC)c(C)c1. The van der Waals surface area contributed by atoms with E-state index in [0.717, 1.165) is 10.5 Å². The first kappa shape index (κ1) is 17.8. The average Bonchev–Trinajstić information content (AvgIpc) is 2.99. The molecule has 3 aromatic rings. The number of imidazole rings is 1. The molecule has 0 fully saturated rings. The molecular formula is C18H18N4O3S. The molecule has 0 bridgehead atoms. The number of ether oxygens (including phenoxy) is 2. The van der Waals surface area contributed by atoms with Crippen LogP contribution in [0.5, 0.6) is 5.75 Å². The third kappa shape index (κ3) is 3.50. The van der Waals surface area contributed by atoms with E-state index in [1.807, 2.05) is 37.4 Å². The minimum atomic E-state index is -0.672. The van der Waals surface area contributed by atoms with Crippen LogP contribution in [0.25, 0.3) is 11.0 Å². The molecule has 3 rings (SSSR count). The summed E-state index contributed by atoms with van der Waals surface area (Å²) in [6, 6.07) is 12.7. The number of rotatable bonds is 3. The van der Waals surface area contributed by atoms with Gasteiger partial charge in [0, 0.05) is 4.90 Å². The molecule has 0 radical (unpaired) electrons. The van der Waals surface area contributed by atoms with Crippen molar-refractivity contribution < 1.29 is 14.3 Å². The quantitative estimate of drug-likeness (QED) is 0.411. The molecule has 0 spiro atoms. The lowest BCUT2D eigenvalue weighted by Crippen LogP contribution is -2.23. The standard InChI is InChI=1S/C18H18N4O3S/c1-11-10-12(8-9-15(11)26-3)25-16(19)22-14-7-5-4-6-13(14)20-17(22)21-18(23)24-2/h4-10,19H,1-3H3,(H,20,21,23). The van der Waals surface area contributed by atoms with Crippen molar-refractivity contribution in [2.75, 3.05) is 18.7 Å². The summed E-state index contributed by atoms with van der Waals surface area (Å²) in [5.41, 5.74) is 2.33. The van der Waals surface area contributed by atoms with E-state index in [0.29, 0.717) is 16.8 Å². The van der Waals surface area contributed by atoms with Crippen molar-refractivity contribution in [3.63, 3.8) is 0 Å². The van der Waals surface area contributed by atoms with E-state index in [4.69, 9.17) is 10.1 Å². The van der Waals surface area contributed by atoms with Gasteiger partial charge in [-0.15, -0.1) is 11.8 Å². The first-order chi connectivity index (χ1) is 12.5. The van der Waals surface area contributed by atoms with Gasteiger partial charge < -0.3 is 9.47 Å². The van der Waals surface area contributed by atoms with Gasteiger partial charge in [-0.2, -0.15) is 0 Å². The van der Waals surface area contributed by atoms with Gasteiger partial charge in [-0.25, -0.2) is 14.3 Å². The van der Waals surface area contributed by atoms with Gasteiger partial charge in [0.05, 0.1) is 18.1 Å². The molecule has 2 N–H and O–H groups in total. The van der Waals surface area contributed by atoms with Gasteiger partial charge in [0.2, 0.25) is 5.95 Å². The lowest BCUT2D eigenvalue weighted by atomic mass is 10.2. The lowest BCUT2D eigenvalue weighted by molar-refractivity contribution is 0.186. The van der Waals surface area contributed by atoms with Crippen molar-refractivity contribution in [1.82, 2.24) is 9.55 Å². The van der Waals surface area contributed by atoms with Crippen LogP contribution < -0.4 is 10.1 Å². The maximum Gasteiger partial charge on any atom is 0.413 e. The summed E-state index contributed by atoms with van der Waals surface area (Å²) < 4.78 is 11.8. The minimum absolute atomic E-state index is 0.153. The van der Waals surface area contributed by atoms with Crippen LogP contribution in [0.15, 0.2) is 47.4 Å². The Balaban J connectivity index is 1.97. The second-order valence-electron chi connectivity index (χ2n) is 5.41. The van der Waals surface area contributed by atoms with Crippen LogP contribution in [0.4, 0.5) is 10.7 Å². The number of thioether (sulfide) groups is 1. The van der Waals surface area contributed by atoms with Crippen molar-refractivity contribution >= 4 is 40.9 Å². The zero-order valence-electron chi connectivity index (χ0n) is 14.6. The van der Waals surface area contributed by atoms with Crippen molar-refractivity contribution in [3.05, 3.63) is 48.0 Å². The average molecular weight is 370 g/mol. The van der Waals surface area contributed by atoms with Gasteiger partial charge >= 0.3 is 12.1 Å². The summed E-state index contributed by atoms with van der Waals surface area (Å²) in [4.78, 5) is 17.1. The van der Waals surface area contributed by atoms with Crippen LogP contribution in [0.1, 0.15) is 5.56 Å². The topological polar surface area (TPSA) is 89.2 Å². The van der Waals surface area contributed by atoms with Crippen molar-refractivity contribution in [2.45, 2.75) is 11.8 Å². The van der Waals surface area contributed by atoms with Gasteiger partial charge in [0.1, 0.15) is 5.75 Å². The second kappa shape index (κ2) is 7.49. The Morgan fingerprint density at radius 2 is 2.04 bits per heavy atom. The summed E-state index contributed by atoms with van der Waals surface area (Å²) in [5, 5.41) is 10.9. The molecule has 1 aromatic heterocycles. The Bertz CT molecular complexity index is 984. The number of para-hydroxylation sites is 2. The summed E-state index contributed by atoms with van der Waals surface area (Å²) in [5.74, 6) is 0.688. The number of aryl methyl sites for hydroxylation is 1. The fourth-order valence-electron chi connectivity index (χ4n) is 2.53. The van der Waals surface area contributed by atoms with E-state index in [1.54, 1.807) is 30.0 Å². The number of hydrogen-bond donors (Lipinski definition) is 2. The molecule has 26 heavy (non-hydrogen) atoms. The Labute approximate surface area is 154 Å². The summed E-state index contributed by atoms with van der Waals surface area (Å²) in [7, 11) is 1.26. The Kier molecular flexibility index (Phi) is 5.13. The van der Waals surface area contributed by atoms with Gasteiger partial charge in [-0.1, -0.05) is 12.1 Å². The van der Waals surface area contributed by atoms with E-state index in [1.165, 1.54) is 11.7 Å². The molecule has 0 atom stereocenters. The smallest absolute Gasteiger partial charge is 0.413 e. The molecule has 7 nitrogen and oxygen atoms in total. The molecule has 0 aliphatic carbocycles. The number of nitrogens with one attached hydrogen (secondary N) is 2. The molecule has 0 saturated heterocycles. The fourth-order valence-corrected chi connectivity index (χ4v) is 3.11. The van der Waals surface area contributed by atoms with Crippen molar-refractivity contribution in [1.29, 1.82) is 5.41 Å². The number of amides is 1. The van der Waals surface area contributed by atoms with Gasteiger partial charge in [0.15, 0.2) is 0 Å². The molecule has 1 heterocycles. The predicted molar refractivity (Wildman–Crippen MR) is 102 cm³/mol. The zero-order valence-corrected chi connectivity index (χ0v) is 15.4. The first-order valence-electron chi connectivity index (χ1n) is 7.77. The van der Waals surface area contributed by atoms with Crippen LogP contribution in [-0.4, -0.2) is 35.0 Å². The number of benzene rings is 2. The second-order valence-corrected chi connectivity index (χ2v) is 6.26. The predicted octanol–water partition coefficient (Wildman–Crippen LogP) is 4.11. The van der Waals surface area contributed by atoms with Crippen molar-refractivity contribution in [2.24, 2.45) is 0 Å². The monoisotopic (exact) mass is 370 g/mol. The minimum Gasteiger partial charge on any atom is -0.453 e. The van der Waals surface area contributed by atoms with Crippen LogP contribution >= 0.6 is 11.8 Å². The van der Waals surface area contributed by atoms with Gasteiger partial charge in [-0.3, -0.25) is 10.7 Å². The fraction of sp³-hybridized carbons (Fsp3) is 0.167. The van der Waals surface area contributed by atoms with E-state index in [-0.39, 0.29) is 12.0 Å². The molecule has 0 saturated carbocycles. The van der Waals surface area contributed by atoms with Gasteiger partial charge in [0.25, 0.3) is 0 Å². The molecule has 8 heteroatoms. The molecule has 0 unspecified atom stereocenters. The third-order valence-corrected chi connectivity index (χ3v) is 4.64. The summed E-state index contributed by atoms with van der Waals surface area (Å²) in [6.45, 7) is 1.99. The van der Waals surface area contributed by atoms with E-state index >= 15 is 0 Å². The normalized spacial score (nSPS) is 10.6. The highest BCUT2D eigenvalue weighted by atomic mass is 32.2. The molecular weight excluding hydrogens is 352 g/mol. The number of methoxy groups -OCH3 is 1. The van der Waals surface area contributed by atoms with Crippen LogP contribution in [0, 0.1) is 12.3 Å². The largest absolute Gasteiger partial charge is 0.453 e. The zero-order chi connectivity index (χ0) is 18.7. The number of anilines is 1. The highest BCUT2D eigenvalue weighted by Crippen LogP contribution is 2.25. The number of aromatic nitrogens is 2. The lowest BCUT2D eigenvalue weighted by Gasteiger charge is -2.12. The highest BCUT2D eigenvalue weighted by Gasteiger charge is 2.18. The summed E-state index contributed by atoms with van der Waals surface area (Å²) >= 11 is 1.65. The first-order valence-corrected chi connectivity index (χ1v) is 9.00. The van der Waals surface area contributed by atoms with Crippen LogP contribution in [-0.2, 0) is 4.74 Å². The molecule has 134 valence electrons. The molecule has 1 amide bonds. The molecule has 0 aliphatic rings. The Hall–Kier alpha value is -3.00. The Morgan fingerprint density at radius 3 is 2.73 bits per heavy atom. The number of carbonyl (C=O) groups is 1.